The van der Waals surface area contributed by atoms with Crippen LogP contribution in [0, 0.1) is 0 Å². The molecule has 0 aliphatic heterocycles. The number of nitrogens with one attached hydrogen (secondary N) is 1. The molecular weight excluding hydrogens is 282 g/mol. The molecule has 1 saturated carbocycles. The summed E-state index contributed by atoms with van der Waals surface area (Å²) >= 11 is 5.92. The van der Waals surface area contributed by atoms with Crippen molar-refractivity contribution < 1.29 is 5.11 Å². The summed E-state index contributed by atoms with van der Waals surface area (Å²) in [6.07, 6.45) is 2.38. The van der Waals surface area contributed by atoms with E-state index >= 15 is 0 Å². The summed E-state index contributed by atoms with van der Waals surface area (Å²) in [7, 11) is 0. The largest absolute Gasteiger partial charge is 0.392 e. The molecule has 0 unspecified atom stereocenters. The molecule has 0 radical (unpaired) electrons. The van der Waals surface area contributed by atoms with Crippen molar-refractivity contribution in [2.45, 2.75) is 38.0 Å². The number of aliphatic hydroxyl groups is 1. The van der Waals surface area contributed by atoms with Crippen LogP contribution in [0.2, 0.25) is 5.02 Å². The van der Waals surface area contributed by atoms with Crippen LogP contribution in [0.1, 0.15) is 35.4 Å². The van der Waals surface area contributed by atoms with Gasteiger partial charge in [-0.15, -0.1) is 0 Å². The summed E-state index contributed by atoms with van der Waals surface area (Å²) in [5, 5.41) is 13.4. The van der Waals surface area contributed by atoms with Crippen LogP contribution in [0.25, 0.3) is 0 Å². The van der Waals surface area contributed by atoms with Crippen LogP contribution < -0.4 is 5.32 Å². The summed E-state index contributed by atoms with van der Waals surface area (Å²) in [5.74, 6) is 0.663. The molecule has 0 bridgehead atoms. The first-order valence-electron chi connectivity index (χ1n) is 7.42. The van der Waals surface area contributed by atoms with Crippen LogP contribution >= 0.6 is 11.6 Å². The maximum absolute atomic E-state index is 9.02. The average molecular weight is 302 g/mol. The first kappa shape index (κ1) is 14.6. The second-order valence-corrected chi connectivity index (χ2v) is 6.21. The lowest BCUT2D eigenvalue weighted by Crippen LogP contribution is -2.39. The molecule has 21 heavy (non-hydrogen) atoms. The zero-order valence-electron chi connectivity index (χ0n) is 11.9. The maximum Gasteiger partial charge on any atom is 0.0681 e. The maximum atomic E-state index is 9.02. The molecule has 3 heteroatoms. The van der Waals surface area contributed by atoms with Crippen LogP contribution in [-0.2, 0) is 13.2 Å². The van der Waals surface area contributed by atoms with E-state index in [9.17, 15) is 0 Å². The second kappa shape index (κ2) is 6.61. The molecule has 3 rings (SSSR count). The molecule has 1 aliphatic carbocycles. The van der Waals surface area contributed by atoms with Crippen LogP contribution in [0.3, 0.4) is 0 Å². The molecule has 2 N–H and O–H groups in total. The normalized spacial score (nSPS) is 21.0. The van der Waals surface area contributed by atoms with Gasteiger partial charge < -0.3 is 10.4 Å². The molecule has 0 aromatic heterocycles. The van der Waals surface area contributed by atoms with Gasteiger partial charge in [0, 0.05) is 17.6 Å². The van der Waals surface area contributed by atoms with Gasteiger partial charge in [0.05, 0.1) is 6.61 Å². The number of rotatable bonds is 5. The van der Waals surface area contributed by atoms with Crippen molar-refractivity contribution in [1.29, 1.82) is 0 Å². The van der Waals surface area contributed by atoms with E-state index in [1.165, 1.54) is 24.0 Å². The predicted octanol–water partition coefficient (Wildman–Crippen LogP) is 3.87. The van der Waals surface area contributed by atoms with Crippen LogP contribution in [0.4, 0.5) is 0 Å². The van der Waals surface area contributed by atoms with E-state index < -0.39 is 0 Å². The Labute approximate surface area is 130 Å². The topological polar surface area (TPSA) is 32.3 Å². The van der Waals surface area contributed by atoms with E-state index in [4.69, 9.17) is 16.7 Å². The third-order valence-electron chi connectivity index (χ3n) is 4.28. The Kier molecular flexibility index (Phi) is 4.59. The Balaban J connectivity index is 1.45. The van der Waals surface area contributed by atoms with Crippen molar-refractivity contribution in [2.24, 2.45) is 0 Å². The SMILES string of the molecule is OCc1ccc(CNC2CC(c3ccc(Cl)cc3)C2)cc1. The highest BCUT2D eigenvalue weighted by atomic mass is 35.5. The smallest absolute Gasteiger partial charge is 0.0681 e. The lowest BCUT2D eigenvalue weighted by Gasteiger charge is -2.36. The Bertz CT molecular complexity index is 573. The fourth-order valence-electron chi connectivity index (χ4n) is 2.82. The van der Waals surface area contributed by atoms with Gasteiger partial charge in [0.2, 0.25) is 0 Å². The van der Waals surface area contributed by atoms with Crippen LogP contribution in [0.5, 0.6) is 0 Å². The first-order valence-corrected chi connectivity index (χ1v) is 7.80. The average Bonchev–Trinajstić information content (AvgIpc) is 2.48. The summed E-state index contributed by atoms with van der Waals surface area (Å²) in [6.45, 7) is 1.00. The highest BCUT2D eigenvalue weighted by molar-refractivity contribution is 6.30. The minimum atomic E-state index is 0.110. The minimum Gasteiger partial charge on any atom is -0.392 e. The van der Waals surface area contributed by atoms with Gasteiger partial charge >= 0.3 is 0 Å². The molecule has 2 aromatic carbocycles. The van der Waals surface area contributed by atoms with Crippen molar-refractivity contribution >= 4 is 11.6 Å². The highest BCUT2D eigenvalue weighted by Gasteiger charge is 2.29. The van der Waals surface area contributed by atoms with Crippen molar-refractivity contribution in [3.8, 4) is 0 Å². The fraction of sp³-hybridized carbons (Fsp3) is 0.333. The van der Waals surface area contributed by atoms with Gasteiger partial charge in [-0.2, -0.15) is 0 Å². The molecule has 0 heterocycles. The summed E-state index contributed by atoms with van der Waals surface area (Å²) in [5.41, 5.74) is 3.62. The van der Waals surface area contributed by atoms with Crippen molar-refractivity contribution in [3.05, 3.63) is 70.2 Å². The number of hydrogen-bond acceptors (Lipinski definition) is 2. The number of halogens is 1. The van der Waals surface area contributed by atoms with Gasteiger partial charge in [0.25, 0.3) is 0 Å². The van der Waals surface area contributed by atoms with Gasteiger partial charge in [-0.25, -0.2) is 0 Å². The zero-order valence-corrected chi connectivity index (χ0v) is 12.7. The standard InChI is InChI=1S/C18H20ClNO/c19-17-7-5-15(6-8-17)16-9-18(10-16)20-11-13-1-3-14(12-21)4-2-13/h1-8,16,18,20-21H,9-12H2. The van der Waals surface area contributed by atoms with Crippen LogP contribution in [0.15, 0.2) is 48.5 Å². The van der Waals surface area contributed by atoms with Crippen molar-refractivity contribution in [2.75, 3.05) is 0 Å². The monoisotopic (exact) mass is 301 g/mol. The molecule has 2 aromatic rings. The lowest BCUT2D eigenvalue weighted by atomic mass is 9.76. The summed E-state index contributed by atoms with van der Waals surface area (Å²) in [4.78, 5) is 0. The lowest BCUT2D eigenvalue weighted by molar-refractivity contribution is 0.281. The Morgan fingerprint density at radius 3 is 2.19 bits per heavy atom. The van der Waals surface area contributed by atoms with Crippen molar-refractivity contribution in [1.82, 2.24) is 5.32 Å². The highest BCUT2D eigenvalue weighted by Crippen LogP contribution is 2.37. The molecule has 0 atom stereocenters. The third-order valence-corrected chi connectivity index (χ3v) is 4.53. The second-order valence-electron chi connectivity index (χ2n) is 5.77. The molecule has 1 aliphatic rings. The molecular formula is C18H20ClNO. The van der Waals surface area contributed by atoms with Gasteiger partial charge in [-0.3, -0.25) is 0 Å². The van der Waals surface area contributed by atoms with Gasteiger partial charge in [-0.1, -0.05) is 48.0 Å². The van der Waals surface area contributed by atoms with E-state index in [2.05, 4.69) is 29.6 Å². The number of hydrogen-bond donors (Lipinski definition) is 2. The first-order chi connectivity index (χ1) is 10.2. The van der Waals surface area contributed by atoms with Gasteiger partial charge in [0.1, 0.15) is 0 Å². The van der Waals surface area contributed by atoms with E-state index in [0.717, 1.165) is 17.1 Å². The molecule has 0 saturated heterocycles. The molecule has 0 amide bonds. The molecule has 2 nitrogen and oxygen atoms in total. The van der Waals surface area contributed by atoms with Gasteiger partial charge in [0.15, 0.2) is 0 Å². The fourth-order valence-corrected chi connectivity index (χ4v) is 2.94. The molecule has 0 spiro atoms. The Hall–Kier alpha value is -1.35. The molecule has 110 valence electrons. The van der Waals surface area contributed by atoms with Crippen molar-refractivity contribution in [3.63, 3.8) is 0 Å². The predicted molar refractivity (Wildman–Crippen MR) is 86.4 cm³/mol. The zero-order chi connectivity index (χ0) is 14.7. The summed E-state index contributed by atoms with van der Waals surface area (Å²) in [6, 6.07) is 16.9. The third kappa shape index (κ3) is 3.65. The quantitative estimate of drug-likeness (QED) is 0.879. The van der Waals surface area contributed by atoms with Crippen LogP contribution in [-0.4, -0.2) is 11.1 Å². The number of aliphatic hydroxyl groups excluding tert-OH is 1. The van der Waals surface area contributed by atoms with E-state index in [-0.39, 0.29) is 6.61 Å². The van der Waals surface area contributed by atoms with E-state index in [0.29, 0.717) is 12.0 Å². The van der Waals surface area contributed by atoms with E-state index in [1.807, 2.05) is 24.3 Å². The Morgan fingerprint density at radius 1 is 0.952 bits per heavy atom. The van der Waals surface area contributed by atoms with Gasteiger partial charge in [-0.05, 0) is 47.6 Å². The Morgan fingerprint density at radius 2 is 1.57 bits per heavy atom. The number of benzene rings is 2. The minimum absolute atomic E-state index is 0.110. The summed E-state index contributed by atoms with van der Waals surface area (Å²) < 4.78 is 0. The van der Waals surface area contributed by atoms with E-state index in [1.54, 1.807) is 0 Å². The molecule has 1 fully saturated rings.